The molecule has 0 aliphatic carbocycles. The second-order valence-corrected chi connectivity index (χ2v) is 5.22. The van der Waals surface area contributed by atoms with E-state index in [-0.39, 0.29) is 12.2 Å². The third kappa shape index (κ3) is 2.98. The Balaban J connectivity index is 1.98. The minimum Gasteiger partial charge on any atom is -0.318 e. The van der Waals surface area contributed by atoms with Crippen LogP contribution in [0.1, 0.15) is 0 Å². The van der Waals surface area contributed by atoms with Crippen LogP contribution in [-0.2, 0) is 15.0 Å². The fourth-order valence-electron chi connectivity index (χ4n) is 1.41. The number of imide groups is 1. The molecule has 1 atom stereocenters. The predicted molar refractivity (Wildman–Crippen MR) is 65.0 cm³/mol. The molecule has 1 saturated heterocycles. The fraction of sp³-hybridized carbons (Fsp3) is 0.222. The molecule has 3 amide bonds. The molecule has 1 aromatic rings. The Morgan fingerprint density at radius 1 is 1.42 bits per heavy atom. The zero-order chi connectivity index (χ0) is 14.0. The molecule has 9 nitrogen and oxygen atoms in total. The Kier molecular flexibility index (Phi) is 3.36. The van der Waals surface area contributed by atoms with Gasteiger partial charge < -0.3 is 5.73 Å². The maximum absolute atomic E-state index is 11.6. The van der Waals surface area contributed by atoms with Crippen LogP contribution in [0.3, 0.4) is 0 Å². The van der Waals surface area contributed by atoms with E-state index in [4.69, 9.17) is 5.73 Å². The van der Waals surface area contributed by atoms with Crippen LogP contribution >= 0.6 is 0 Å². The van der Waals surface area contributed by atoms with E-state index in [2.05, 4.69) is 9.71 Å². The summed E-state index contributed by atoms with van der Waals surface area (Å²) in [6.07, 6.45) is 2.77. The van der Waals surface area contributed by atoms with Gasteiger partial charge in [0.05, 0.1) is 12.2 Å². The number of urea groups is 1. The van der Waals surface area contributed by atoms with Crippen LogP contribution in [0.4, 0.5) is 10.5 Å². The van der Waals surface area contributed by atoms with Crippen LogP contribution in [0.15, 0.2) is 24.5 Å². The Hall–Kier alpha value is -2.20. The highest BCUT2D eigenvalue weighted by Gasteiger charge is 2.39. The summed E-state index contributed by atoms with van der Waals surface area (Å²) >= 11 is 0. The molecular formula is C9H11N5O4S. The van der Waals surface area contributed by atoms with E-state index in [1.54, 1.807) is 4.72 Å². The van der Waals surface area contributed by atoms with Gasteiger partial charge in [0.2, 0.25) is 5.91 Å². The van der Waals surface area contributed by atoms with Crippen molar-refractivity contribution < 1.29 is 18.0 Å². The van der Waals surface area contributed by atoms with Crippen molar-refractivity contribution in [3.8, 4) is 0 Å². The van der Waals surface area contributed by atoms with Crippen LogP contribution in [-0.4, -0.2) is 42.8 Å². The summed E-state index contributed by atoms with van der Waals surface area (Å²) in [6.45, 7) is -0.00452. The number of nitrogens with one attached hydrogen (secondary N) is 2. The first-order valence-electron chi connectivity index (χ1n) is 5.20. The molecule has 2 rings (SSSR count). The van der Waals surface area contributed by atoms with Gasteiger partial charge in [0.25, 0.3) is 0 Å². The van der Waals surface area contributed by atoms with Crippen molar-refractivity contribution in [2.45, 2.75) is 6.04 Å². The standard InChI is InChI=1S/C9H11N5O4S/c10-7-5-14(8(7)15)9(16)13-19(17,18)12-6-1-3-11-4-2-6/h1-4,7H,5,10H2,(H,11,12)(H,13,16). The van der Waals surface area contributed by atoms with E-state index < -0.39 is 28.2 Å². The minimum absolute atomic E-state index is 0.00452. The van der Waals surface area contributed by atoms with Crippen LogP contribution in [0, 0.1) is 0 Å². The molecule has 0 aromatic carbocycles. The lowest BCUT2D eigenvalue weighted by molar-refractivity contribution is -0.137. The number of rotatable bonds is 3. The van der Waals surface area contributed by atoms with E-state index in [9.17, 15) is 18.0 Å². The molecule has 1 aromatic heterocycles. The topological polar surface area (TPSA) is 134 Å². The summed E-state index contributed by atoms with van der Waals surface area (Å²) in [5.41, 5.74) is 5.53. The van der Waals surface area contributed by atoms with Gasteiger partial charge in [0, 0.05) is 12.4 Å². The van der Waals surface area contributed by atoms with Gasteiger partial charge in [-0.05, 0) is 12.1 Å². The number of nitrogens with two attached hydrogens (primary N) is 1. The first-order chi connectivity index (χ1) is 8.89. The monoisotopic (exact) mass is 285 g/mol. The number of likely N-dealkylation sites (tertiary alicyclic amines) is 1. The van der Waals surface area contributed by atoms with Crippen LogP contribution in [0.5, 0.6) is 0 Å². The lowest BCUT2D eigenvalue weighted by atomic mass is 10.1. The van der Waals surface area contributed by atoms with Crippen molar-refractivity contribution in [1.29, 1.82) is 0 Å². The van der Waals surface area contributed by atoms with E-state index in [0.717, 1.165) is 4.90 Å². The molecule has 2 heterocycles. The number of aromatic nitrogens is 1. The summed E-state index contributed by atoms with van der Waals surface area (Å²) < 4.78 is 27.0. The van der Waals surface area contributed by atoms with E-state index in [0.29, 0.717) is 0 Å². The number of pyridine rings is 1. The van der Waals surface area contributed by atoms with Gasteiger partial charge in [-0.25, -0.2) is 9.52 Å². The van der Waals surface area contributed by atoms with Gasteiger partial charge in [-0.1, -0.05) is 0 Å². The van der Waals surface area contributed by atoms with Gasteiger partial charge in [0.15, 0.2) is 0 Å². The summed E-state index contributed by atoms with van der Waals surface area (Å²) in [6, 6.07) is 1.04. The highest BCUT2D eigenvalue weighted by Crippen LogP contribution is 2.09. The molecule has 1 fully saturated rings. The van der Waals surface area contributed by atoms with Crippen molar-refractivity contribution in [3.63, 3.8) is 0 Å². The molecule has 0 saturated carbocycles. The van der Waals surface area contributed by atoms with Crippen molar-refractivity contribution in [1.82, 2.24) is 14.6 Å². The molecule has 1 aliphatic rings. The summed E-state index contributed by atoms with van der Waals surface area (Å²) in [4.78, 5) is 27.1. The lowest BCUT2D eigenvalue weighted by Crippen LogP contribution is -2.65. The first kappa shape index (κ1) is 13.2. The molecule has 102 valence electrons. The fourth-order valence-corrected chi connectivity index (χ4v) is 2.24. The molecule has 4 N–H and O–H groups in total. The molecular weight excluding hydrogens is 274 g/mol. The molecule has 0 radical (unpaired) electrons. The lowest BCUT2D eigenvalue weighted by Gasteiger charge is -2.33. The average molecular weight is 285 g/mol. The maximum Gasteiger partial charge on any atom is 0.339 e. The zero-order valence-electron chi connectivity index (χ0n) is 9.61. The third-order valence-corrected chi connectivity index (χ3v) is 3.31. The number of amides is 3. The summed E-state index contributed by atoms with van der Waals surface area (Å²) in [5, 5.41) is 0. The zero-order valence-corrected chi connectivity index (χ0v) is 10.4. The smallest absolute Gasteiger partial charge is 0.318 e. The highest BCUT2D eigenvalue weighted by molar-refractivity contribution is 7.91. The SMILES string of the molecule is NC1CN(C(=O)NS(=O)(=O)Nc2ccncc2)C1=O. The number of hydrogen-bond donors (Lipinski definition) is 3. The van der Waals surface area contributed by atoms with Crippen LogP contribution < -0.4 is 15.2 Å². The highest BCUT2D eigenvalue weighted by atomic mass is 32.2. The van der Waals surface area contributed by atoms with Crippen molar-refractivity contribution in [3.05, 3.63) is 24.5 Å². The van der Waals surface area contributed by atoms with Gasteiger partial charge in [-0.15, -0.1) is 0 Å². The number of carbonyl (C=O) groups excluding carboxylic acids is 2. The summed E-state index contributed by atoms with van der Waals surface area (Å²) in [7, 11) is -4.11. The number of carbonyl (C=O) groups is 2. The molecule has 0 bridgehead atoms. The third-order valence-electron chi connectivity index (χ3n) is 2.36. The molecule has 10 heteroatoms. The van der Waals surface area contributed by atoms with Crippen molar-refractivity contribution in [2.24, 2.45) is 5.73 Å². The quantitative estimate of drug-likeness (QED) is 0.586. The van der Waals surface area contributed by atoms with E-state index in [1.807, 2.05) is 0 Å². The second-order valence-electron chi connectivity index (χ2n) is 3.80. The largest absolute Gasteiger partial charge is 0.339 e. The Morgan fingerprint density at radius 2 is 2.05 bits per heavy atom. The Morgan fingerprint density at radius 3 is 2.58 bits per heavy atom. The number of β-lactam (4-membered cyclic amide) rings is 1. The Labute approximate surface area is 109 Å². The number of hydrogen-bond acceptors (Lipinski definition) is 6. The van der Waals surface area contributed by atoms with Crippen LogP contribution in [0.2, 0.25) is 0 Å². The van der Waals surface area contributed by atoms with Gasteiger partial charge in [0.1, 0.15) is 6.04 Å². The Bertz CT molecular complexity index is 602. The maximum atomic E-state index is 11.6. The first-order valence-corrected chi connectivity index (χ1v) is 6.69. The molecule has 0 spiro atoms. The minimum atomic E-state index is -4.11. The number of anilines is 1. The molecule has 1 aliphatic heterocycles. The van der Waals surface area contributed by atoms with Crippen molar-refractivity contribution >= 4 is 27.8 Å². The van der Waals surface area contributed by atoms with Crippen LogP contribution in [0.25, 0.3) is 0 Å². The molecule has 1 unspecified atom stereocenters. The predicted octanol–water partition coefficient (Wildman–Crippen LogP) is -1.38. The van der Waals surface area contributed by atoms with E-state index >= 15 is 0 Å². The van der Waals surface area contributed by atoms with Gasteiger partial charge in [-0.3, -0.25) is 19.4 Å². The average Bonchev–Trinajstić information content (AvgIpc) is 2.35. The molecule has 19 heavy (non-hydrogen) atoms. The summed E-state index contributed by atoms with van der Waals surface area (Å²) in [5.74, 6) is -0.614. The number of nitrogens with zero attached hydrogens (tertiary/aromatic N) is 2. The van der Waals surface area contributed by atoms with E-state index in [1.165, 1.54) is 24.5 Å². The second kappa shape index (κ2) is 4.82. The normalized spacial score (nSPS) is 18.7. The van der Waals surface area contributed by atoms with Gasteiger partial charge >= 0.3 is 16.2 Å². The van der Waals surface area contributed by atoms with Crippen molar-refractivity contribution in [2.75, 3.05) is 11.3 Å². The van der Waals surface area contributed by atoms with Gasteiger partial charge in [-0.2, -0.15) is 8.42 Å².